The minimum Gasteiger partial charge on any atom is -0.492 e. The minimum absolute atomic E-state index is 0.659. The number of likely N-dealkylation sites (N-methyl/N-ethyl adjacent to an activating group) is 1. The second-order valence-electron chi connectivity index (χ2n) is 4.34. The Morgan fingerprint density at radius 2 is 1.84 bits per heavy atom. The van der Waals surface area contributed by atoms with E-state index in [1.54, 1.807) is 0 Å². The van der Waals surface area contributed by atoms with Crippen molar-refractivity contribution < 1.29 is 4.74 Å². The molecule has 0 amide bonds. The average Bonchev–Trinajstić information content (AvgIpc) is 2.45. The molecule has 0 aliphatic rings. The van der Waals surface area contributed by atoms with Gasteiger partial charge in [0.1, 0.15) is 12.4 Å². The largest absolute Gasteiger partial charge is 0.492 e. The van der Waals surface area contributed by atoms with E-state index in [2.05, 4.69) is 17.9 Å². The van der Waals surface area contributed by atoms with Crippen molar-refractivity contribution in [3.63, 3.8) is 0 Å². The second-order valence-corrected chi connectivity index (χ2v) is 4.34. The van der Waals surface area contributed by atoms with Gasteiger partial charge in [0, 0.05) is 17.9 Å². The molecular weight excluding hydrogens is 236 g/mol. The molecule has 2 aromatic carbocycles. The van der Waals surface area contributed by atoms with Crippen LogP contribution in [0.1, 0.15) is 6.92 Å². The Morgan fingerprint density at radius 3 is 2.53 bits per heavy atom. The summed E-state index contributed by atoms with van der Waals surface area (Å²) in [5, 5.41) is 0. The molecule has 0 saturated heterocycles. The monoisotopic (exact) mass is 256 g/mol. The summed E-state index contributed by atoms with van der Waals surface area (Å²) in [4.78, 5) is 2.25. The summed E-state index contributed by atoms with van der Waals surface area (Å²) in [5.74, 6) is 0.908. The third-order valence-electron chi connectivity index (χ3n) is 2.99. The van der Waals surface area contributed by atoms with Gasteiger partial charge in [0.25, 0.3) is 0 Å². The third-order valence-corrected chi connectivity index (χ3v) is 2.99. The van der Waals surface area contributed by atoms with E-state index in [4.69, 9.17) is 10.5 Å². The van der Waals surface area contributed by atoms with Crippen molar-refractivity contribution in [1.29, 1.82) is 0 Å². The van der Waals surface area contributed by atoms with E-state index in [9.17, 15) is 0 Å². The van der Waals surface area contributed by atoms with Crippen LogP contribution in [0, 0.1) is 0 Å². The fourth-order valence-corrected chi connectivity index (χ4v) is 1.98. The maximum Gasteiger partial charge on any atom is 0.119 e. The van der Waals surface area contributed by atoms with Gasteiger partial charge in [-0.2, -0.15) is 0 Å². The minimum atomic E-state index is 0.659. The zero-order valence-electron chi connectivity index (χ0n) is 11.3. The summed E-state index contributed by atoms with van der Waals surface area (Å²) < 4.78 is 5.72. The third kappa shape index (κ3) is 3.91. The molecule has 0 radical (unpaired) electrons. The van der Waals surface area contributed by atoms with Crippen molar-refractivity contribution in [3.05, 3.63) is 54.6 Å². The van der Waals surface area contributed by atoms with Gasteiger partial charge in [-0.05, 0) is 37.3 Å². The second kappa shape index (κ2) is 6.69. The van der Waals surface area contributed by atoms with Crippen molar-refractivity contribution in [3.8, 4) is 5.75 Å². The molecule has 0 saturated carbocycles. The van der Waals surface area contributed by atoms with Crippen LogP contribution >= 0.6 is 0 Å². The molecule has 0 heterocycles. The van der Waals surface area contributed by atoms with Gasteiger partial charge >= 0.3 is 0 Å². The van der Waals surface area contributed by atoms with E-state index in [0.717, 1.165) is 30.2 Å². The number of benzene rings is 2. The Bertz CT molecular complexity index is 499. The lowest BCUT2D eigenvalue weighted by Gasteiger charge is -2.23. The highest BCUT2D eigenvalue weighted by molar-refractivity contribution is 5.55. The number of hydrogen-bond donors (Lipinski definition) is 1. The highest BCUT2D eigenvalue weighted by Crippen LogP contribution is 2.17. The summed E-state index contributed by atoms with van der Waals surface area (Å²) in [5.41, 5.74) is 7.74. The van der Waals surface area contributed by atoms with Crippen LogP contribution in [0.2, 0.25) is 0 Å². The zero-order chi connectivity index (χ0) is 13.5. The molecule has 2 aromatic rings. The molecule has 0 aliphatic heterocycles. The number of nitrogens with two attached hydrogens (primary N) is 1. The fraction of sp³-hybridized carbons (Fsp3) is 0.250. The van der Waals surface area contributed by atoms with Crippen molar-refractivity contribution in [1.82, 2.24) is 0 Å². The quantitative estimate of drug-likeness (QED) is 0.807. The summed E-state index contributed by atoms with van der Waals surface area (Å²) in [7, 11) is 0. The van der Waals surface area contributed by atoms with Crippen LogP contribution in [0.5, 0.6) is 5.75 Å². The number of rotatable bonds is 6. The standard InChI is InChI=1S/C16H20N2O/c1-2-18(15-8-6-7-14(17)13-15)11-12-19-16-9-4-3-5-10-16/h3-10,13H,2,11-12,17H2,1H3. The van der Waals surface area contributed by atoms with Crippen molar-refractivity contribution in [2.24, 2.45) is 0 Å². The van der Waals surface area contributed by atoms with Gasteiger partial charge in [0.2, 0.25) is 0 Å². The van der Waals surface area contributed by atoms with Crippen LogP contribution in [-0.2, 0) is 0 Å². The number of nitrogen functional groups attached to an aromatic ring is 1. The van der Waals surface area contributed by atoms with Crippen LogP contribution < -0.4 is 15.4 Å². The molecule has 2 rings (SSSR count). The van der Waals surface area contributed by atoms with Crippen LogP contribution in [0.4, 0.5) is 11.4 Å². The number of anilines is 2. The fourth-order valence-electron chi connectivity index (χ4n) is 1.98. The first kappa shape index (κ1) is 13.3. The predicted octanol–water partition coefficient (Wildman–Crippen LogP) is 3.17. The molecule has 100 valence electrons. The maximum absolute atomic E-state index is 5.81. The zero-order valence-corrected chi connectivity index (χ0v) is 11.3. The first-order valence-corrected chi connectivity index (χ1v) is 6.58. The normalized spacial score (nSPS) is 10.2. The summed E-state index contributed by atoms with van der Waals surface area (Å²) >= 11 is 0. The Hall–Kier alpha value is -2.16. The van der Waals surface area contributed by atoms with E-state index < -0.39 is 0 Å². The molecule has 0 atom stereocenters. The van der Waals surface area contributed by atoms with Crippen LogP contribution in [0.3, 0.4) is 0 Å². The van der Waals surface area contributed by atoms with E-state index in [0.29, 0.717) is 6.61 Å². The van der Waals surface area contributed by atoms with Crippen molar-refractivity contribution in [2.45, 2.75) is 6.92 Å². The molecule has 0 spiro atoms. The van der Waals surface area contributed by atoms with Gasteiger partial charge in [-0.15, -0.1) is 0 Å². The van der Waals surface area contributed by atoms with Crippen molar-refractivity contribution in [2.75, 3.05) is 30.3 Å². The molecule has 2 N–H and O–H groups in total. The van der Waals surface area contributed by atoms with Gasteiger partial charge < -0.3 is 15.4 Å². The van der Waals surface area contributed by atoms with Crippen LogP contribution in [0.15, 0.2) is 54.6 Å². The number of para-hydroxylation sites is 1. The predicted molar refractivity (Wildman–Crippen MR) is 80.7 cm³/mol. The molecule has 0 unspecified atom stereocenters. The van der Waals surface area contributed by atoms with Crippen LogP contribution in [-0.4, -0.2) is 19.7 Å². The molecule has 0 aromatic heterocycles. The topological polar surface area (TPSA) is 38.5 Å². The van der Waals surface area contributed by atoms with Gasteiger partial charge in [0.05, 0.1) is 6.54 Å². The molecule has 19 heavy (non-hydrogen) atoms. The molecule has 0 bridgehead atoms. The molecule has 3 nitrogen and oxygen atoms in total. The van der Waals surface area contributed by atoms with Gasteiger partial charge in [0.15, 0.2) is 0 Å². The molecule has 0 fully saturated rings. The van der Waals surface area contributed by atoms with Gasteiger partial charge in [-0.25, -0.2) is 0 Å². The maximum atomic E-state index is 5.81. The molecular formula is C16H20N2O. The van der Waals surface area contributed by atoms with Gasteiger partial charge in [-0.3, -0.25) is 0 Å². The van der Waals surface area contributed by atoms with E-state index >= 15 is 0 Å². The van der Waals surface area contributed by atoms with E-state index in [1.165, 1.54) is 0 Å². The lowest BCUT2D eigenvalue weighted by atomic mass is 10.2. The number of nitrogens with zero attached hydrogens (tertiary/aromatic N) is 1. The average molecular weight is 256 g/mol. The highest BCUT2D eigenvalue weighted by Gasteiger charge is 2.04. The Labute approximate surface area is 114 Å². The molecule has 3 heteroatoms. The first-order valence-electron chi connectivity index (χ1n) is 6.58. The van der Waals surface area contributed by atoms with E-state index in [1.807, 2.05) is 48.5 Å². The number of ether oxygens (including phenoxy) is 1. The smallest absolute Gasteiger partial charge is 0.119 e. The first-order chi connectivity index (χ1) is 9.29. The Morgan fingerprint density at radius 1 is 1.05 bits per heavy atom. The van der Waals surface area contributed by atoms with E-state index in [-0.39, 0.29) is 0 Å². The highest BCUT2D eigenvalue weighted by atomic mass is 16.5. The summed E-state index contributed by atoms with van der Waals surface area (Å²) in [6.45, 7) is 4.56. The Kier molecular flexibility index (Phi) is 4.67. The summed E-state index contributed by atoms with van der Waals surface area (Å²) in [6.07, 6.45) is 0. The summed E-state index contributed by atoms with van der Waals surface area (Å²) in [6, 6.07) is 17.8. The lowest BCUT2D eigenvalue weighted by Crippen LogP contribution is -2.28. The number of hydrogen-bond acceptors (Lipinski definition) is 3. The SMILES string of the molecule is CCN(CCOc1ccccc1)c1cccc(N)c1. The van der Waals surface area contributed by atoms with Gasteiger partial charge in [-0.1, -0.05) is 24.3 Å². The Balaban J connectivity index is 1.89. The van der Waals surface area contributed by atoms with Crippen molar-refractivity contribution >= 4 is 11.4 Å². The molecule has 0 aliphatic carbocycles. The van der Waals surface area contributed by atoms with Crippen LogP contribution in [0.25, 0.3) is 0 Å². The lowest BCUT2D eigenvalue weighted by molar-refractivity contribution is 0.324.